The minimum Gasteiger partial charge on any atom is -1.00 e. The van der Waals surface area contributed by atoms with E-state index in [1.165, 1.54) is 0 Å². The first-order chi connectivity index (χ1) is 8.31. The molecule has 0 unspecified atom stereocenters. The van der Waals surface area contributed by atoms with Crippen LogP contribution in [0.15, 0.2) is 0 Å². The summed E-state index contributed by atoms with van der Waals surface area (Å²) in [6.07, 6.45) is -3.76. The van der Waals surface area contributed by atoms with E-state index in [0.29, 0.717) is 0 Å². The number of carboxylic acids is 2. The van der Waals surface area contributed by atoms with Crippen LogP contribution in [0.25, 0.3) is 0 Å². The van der Waals surface area contributed by atoms with Crippen LogP contribution in [0.5, 0.6) is 0 Å². The Morgan fingerprint density at radius 2 is 1.00 bits per heavy atom. The summed E-state index contributed by atoms with van der Waals surface area (Å²) in [6, 6.07) is 0. The van der Waals surface area contributed by atoms with Crippen LogP contribution in [-0.4, -0.2) is 40.2 Å². The smallest absolute Gasteiger partial charge is 1.00 e. The van der Waals surface area contributed by atoms with Crippen molar-refractivity contribution in [1.29, 1.82) is 0 Å². The van der Waals surface area contributed by atoms with Crippen molar-refractivity contribution in [2.45, 2.75) is 25.7 Å². The zero-order valence-corrected chi connectivity index (χ0v) is 15.1. The average molecular weight is 310 g/mol. The van der Waals surface area contributed by atoms with Gasteiger partial charge in [-0.1, -0.05) is 0 Å². The zero-order valence-electron chi connectivity index (χ0n) is 13.1. The molecule has 0 atom stereocenters. The molecule has 20 heavy (non-hydrogen) atoms. The molecule has 0 radical (unpaired) electrons. The molecular weight excluding hydrogens is 298 g/mol. The van der Waals surface area contributed by atoms with Crippen LogP contribution in [0.3, 0.4) is 0 Å². The molecule has 104 valence electrons. The van der Waals surface area contributed by atoms with E-state index < -0.39 is 55.7 Å². The third-order valence-corrected chi connectivity index (χ3v) is 1.48. The van der Waals surface area contributed by atoms with Crippen LogP contribution in [0.4, 0.5) is 4.79 Å². The number of ether oxygens (including phenoxy) is 2. The summed E-state index contributed by atoms with van der Waals surface area (Å²) < 4.78 is 7.89. The summed E-state index contributed by atoms with van der Waals surface area (Å²) in [5.41, 5.74) is 0. The van der Waals surface area contributed by atoms with Gasteiger partial charge in [0, 0.05) is 0 Å². The van der Waals surface area contributed by atoms with Crippen LogP contribution in [0.1, 0.15) is 28.5 Å². The number of carbonyl (C=O) groups is 5. The van der Waals surface area contributed by atoms with Crippen molar-refractivity contribution in [2.24, 2.45) is 0 Å². The number of esters is 2. The van der Waals surface area contributed by atoms with Gasteiger partial charge in [0.05, 0.1) is 25.7 Å². The predicted molar refractivity (Wildman–Crippen MR) is 53.5 cm³/mol. The van der Waals surface area contributed by atoms with Crippen LogP contribution in [0, 0.1) is 0 Å². The molecular formula is C9H12Na2O9. The zero-order chi connectivity index (χ0) is 14.1. The minimum absolute atomic E-state index is 0. The Bertz CT molecular complexity index is 355. The molecule has 2 N–H and O–H groups in total. The number of aliphatic carboxylic acids is 2. The average Bonchev–Trinajstić information content (AvgIpc) is 2.23. The second-order valence-electron chi connectivity index (χ2n) is 2.99. The first kappa shape index (κ1) is 24.6. The maximum atomic E-state index is 10.8. The second kappa shape index (κ2) is 13.5. The fourth-order valence-corrected chi connectivity index (χ4v) is 0.727. The van der Waals surface area contributed by atoms with Gasteiger partial charge in [0.15, 0.2) is 0 Å². The van der Waals surface area contributed by atoms with E-state index in [0.717, 1.165) is 0 Å². The Labute approximate surface area is 160 Å². The van der Waals surface area contributed by atoms with Gasteiger partial charge >= 0.3 is 89.1 Å². The summed E-state index contributed by atoms with van der Waals surface area (Å²) in [7, 11) is 0. The molecule has 0 rings (SSSR count). The van der Waals surface area contributed by atoms with Crippen LogP contribution in [0.2, 0.25) is 0 Å². The van der Waals surface area contributed by atoms with Crippen LogP contribution < -0.4 is 59.1 Å². The van der Waals surface area contributed by atoms with Crippen molar-refractivity contribution in [1.82, 2.24) is 0 Å². The molecule has 0 aromatic rings. The van der Waals surface area contributed by atoms with Crippen molar-refractivity contribution in [3.63, 3.8) is 0 Å². The van der Waals surface area contributed by atoms with Gasteiger partial charge in [-0.25, -0.2) is 4.79 Å². The summed E-state index contributed by atoms with van der Waals surface area (Å²) in [5.74, 6) is -4.82. The number of rotatable bonds is 6. The number of carboxylic acid groups (broad SMARTS) is 2. The Morgan fingerprint density at radius 1 is 0.700 bits per heavy atom. The molecule has 0 bridgehead atoms. The van der Waals surface area contributed by atoms with Gasteiger partial charge in [-0.05, 0) is 0 Å². The third-order valence-electron chi connectivity index (χ3n) is 1.48. The Morgan fingerprint density at radius 3 is 1.25 bits per heavy atom. The molecule has 0 saturated carbocycles. The SMILES string of the molecule is O=C(O)CCC(=O)OC(=O)OC(=O)CCC(=O)O.[H-].[H-].[Na+].[Na+]. The van der Waals surface area contributed by atoms with E-state index in [1.54, 1.807) is 0 Å². The number of carbonyl (C=O) groups excluding carboxylic acids is 3. The van der Waals surface area contributed by atoms with Gasteiger partial charge in [-0.15, -0.1) is 0 Å². The quantitative estimate of drug-likeness (QED) is 0.278. The molecule has 0 fully saturated rings. The first-order valence-corrected chi connectivity index (χ1v) is 4.70. The van der Waals surface area contributed by atoms with Crippen molar-refractivity contribution in [3.05, 3.63) is 0 Å². The molecule has 0 aromatic carbocycles. The maximum Gasteiger partial charge on any atom is 1.00 e. The summed E-state index contributed by atoms with van der Waals surface area (Å²) in [6.45, 7) is 0. The van der Waals surface area contributed by atoms with Crippen molar-refractivity contribution >= 4 is 30.0 Å². The molecule has 0 aliphatic carbocycles. The molecule has 0 aliphatic heterocycles. The van der Waals surface area contributed by atoms with E-state index >= 15 is 0 Å². The van der Waals surface area contributed by atoms with Gasteiger partial charge < -0.3 is 22.5 Å². The Balaban J connectivity index is -0.000000241. The largest absolute Gasteiger partial charge is 1.00 e. The Hall–Kier alpha value is -0.450. The van der Waals surface area contributed by atoms with E-state index in [9.17, 15) is 24.0 Å². The topological polar surface area (TPSA) is 144 Å². The predicted octanol–water partition coefficient (Wildman–Crippen LogP) is -5.84. The van der Waals surface area contributed by atoms with E-state index in [-0.39, 0.29) is 62.0 Å². The van der Waals surface area contributed by atoms with Crippen molar-refractivity contribution < 1.29 is 106 Å². The third kappa shape index (κ3) is 15.6. The minimum atomic E-state index is -1.61. The van der Waals surface area contributed by atoms with Crippen LogP contribution in [-0.2, 0) is 28.7 Å². The monoisotopic (exact) mass is 310 g/mol. The van der Waals surface area contributed by atoms with Gasteiger partial charge in [0.2, 0.25) is 0 Å². The molecule has 0 aliphatic rings. The summed E-state index contributed by atoms with van der Waals surface area (Å²) in [4.78, 5) is 52.6. The molecule has 0 spiro atoms. The van der Waals surface area contributed by atoms with Gasteiger partial charge in [0.1, 0.15) is 0 Å². The number of hydrogen-bond acceptors (Lipinski definition) is 7. The Kier molecular flexibility index (Phi) is 16.6. The van der Waals surface area contributed by atoms with Gasteiger partial charge in [0.25, 0.3) is 0 Å². The van der Waals surface area contributed by atoms with Crippen molar-refractivity contribution in [3.8, 4) is 0 Å². The van der Waals surface area contributed by atoms with E-state index in [1.807, 2.05) is 0 Å². The standard InChI is InChI=1S/C9H10O9.2Na.2H/c10-5(11)1-3-7(14)17-9(16)18-8(15)4-2-6(12)13;;;;/h1-4H2,(H,10,11)(H,12,13);;;;/q;2*+1;2*-1. The molecule has 9 nitrogen and oxygen atoms in total. The molecule has 0 saturated heterocycles. The van der Waals surface area contributed by atoms with Crippen molar-refractivity contribution in [2.75, 3.05) is 0 Å². The molecule has 11 heteroatoms. The van der Waals surface area contributed by atoms with Gasteiger partial charge in [-0.2, -0.15) is 0 Å². The molecule has 0 amide bonds. The fourth-order valence-electron chi connectivity index (χ4n) is 0.727. The van der Waals surface area contributed by atoms with Crippen LogP contribution >= 0.6 is 0 Å². The molecule has 0 heterocycles. The normalized spacial score (nSPS) is 8.40. The summed E-state index contributed by atoms with van der Waals surface area (Å²) in [5, 5.41) is 16.5. The summed E-state index contributed by atoms with van der Waals surface area (Å²) >= 11 is 0. The van der Waals surface area contributed by atoms with E-state index in [4.69, 9.17) is 10.2 Å². The van der Waals surface area contributed by atoms with Gasteiger partial charge in [-0.3, -0.25) is 19.2 Å². The fraction of sp³-hybridized carbons (Fsp3) is 0.444. The maximum absolute atomic E-state index is 10.8. The number of hydrogen-bond donors (Lipinski definition) is 2. The first-order valence-electron chi connectivity index (χ1n) is 4.70. The molecule has 0 aromatic heterocycles. The second-order valence-corrected chi connectivity index (χ2v) is 2.99. The van der Waals surface area contributed by atoms with E-state index in [2.05, 4.69) is 9.47 Å².